The van der Waals surface area contributed by atoms with Gasteiger partial charge in [0, 0.05) is 12.1 Å². The Labute approximate surface area is 88.1 Å². The zero-order chi connectivity index (χ0) is 11.0. The molecule has 0 fully saturated rings. The summed E-state index contributed by atoms with van der Waals surface area (Å²) < 4.78 is 12.4. The van der Waals surface area contributed by atoms with Crippen LogP contribution in [0, 0.1) is 11.3 Å². The van der Waals surface area contributed by atoms with Gasteiger partial charge in [0.25, 0.3) is 0 Å². The highest BCUT2D eigenvalue weighted by Gasteiger charge is 2.27. The molecule has 0 aromatic heterocycles. The highest BCUT2D eigenvalue weighted by molar-refractivity contribution is 7.64. The molecule has 0 heterocycles. The smallest absolute Gasteiger partial charge is 0.0901 e. The Morgan fingerprint density at radius 3 is 2.14 bits per heavy atom. The molecule has 0 spiro atoms. The summed E-state index contributed by atoms with van der Waals surface area (Å²) in [5.41, 5.74) is 0.294. The van der Waals surface area contributed by atoms with E-state index < -0.39 is 7.14 Å². The van der Waals surface area contributed by atoms with Crippen LogP contribution in [-0.2, 0) is 4.57 Å². The van der Waals surface area contributed by atoms with Gasteiger partial charge in [0.15, 0.2) is 0 Å². The van der Waals surface area contributed by atoms with Crippen molar-refractivity contribution in [3.05, 3.63) is 0 Å². The zero-order valence-electron chi connectivity index (χ0n) is 9.62. The van der Waals surface area contributed by atoms with Crippen molar-refractivity contribution in [2.24, 2.45) is 0 Å². The van der Waals surface area contributed by atoms with Crippen LogP contribution in [0.1, 0.15) is 46.5 Å². The van der Waals surface area contributed by atoms with Crippen LogP contribution in [0.15, 0.2) is 0 Å². The van der Waals surface area contributed by atoms with Gasteiger partial charge in [-0.3, -0.25) is 0 Å². The van der Waals surface area contributed by atoms with Gasteiger partial charge < -0.3 is 4.57 Å². The average Bonchev–Trinajstić information content (AvgIpc) is 2.23. The molecule has 2 nitrogen and oxygen atoms in total. The van der Waals surface area contributed by atoms with E-state index in [9.17, 15) is 4.57 Å². The minimum Gasteiger partial charge on any atom is -0.323 e. The van der Waals surface area contributed by atoms with Gasteiger partial charge in [0.05, 0.1) is 13.2 Å². The molecule has 0 aromatic carbocycles. The summed E-state index contributed by atoms with van der Waals surface area (Å²) in [7, 11) is -1.99. The number of nitriles is 1. The summed E-state index contributed by atoms with van der Waals surface area (Å²) in [6, 6.07) is 2.16. The number of hydrogen-bond donors (Lipinski definition) is 0. The van der Waals surface area contributed by atoms with Gasteiger partial charge >= 0.3 is 0 Å². The minimum absolute atomic E-state index is 0.294. The van der Waals surface area contributed by atoms with Gasteiger partial charge in [-0.1, -0.05) is 27.2 Å². The minimum atomic E-state index is -1.99. The molecular weight excluding hydrogens is 193 g/mol. The standard InChI is InChI=1S/C11H22NOP/c1-4-8-11(9-7-10-12)14(13,5-2)6-3/h11H,4-9H2,1-3H3. The number of rotatable bonds is 7. The zero-order valence-corrected chi connectivity index (χ0v) is 10.5. The molecule has 82 valence electrons. The predicted octanol–water partition coefficient (Wildman–Crippen LogP) is 3.86. The molecule has 0 rings (SSSR count). The van der Waals surface area contributed by atoms with Crippen LogP contribution in [0.4, 0.5) is 0 Å². The fourth-order valence-corrected chi connectivity index (χ4v) is 4.73. The fraction of sp³-hybridized carbons (Fsp3) is 0.909. The van der Waals surface area contributed by atoms with E-state index in [0.717, 1.165) is 31.6 Å². The lowest BCUT2D eigenvalue weighted by Crippen LogP contribution is -2.11. The molecule has 14 heavy (non-hydrogen) atoms. The topological polar surface area (TPSA) is 40.9 Å². The number of hydrogen-bond acceptors (Lipinski definition) is 2. The summed E-state index contributed by atoms with van der Waals surface area (Å²) in [5, 5.41) is 8.55. The van der Waals surface area contributed by atoms with E-state index in [1.54, 1.807) is 0 Å². The van der Waals surface area contributed by atoms with Gasteiger partial charge in [-0.15, -0.1) is 0 Å². The second kappa shape index (κ2) is 7.07. The van der Waals surface area contributed by atoms with Gasteiger partial charge in [0.2, 0.25) is 0 Å². The van der Waals surface area contributed by atoms with Crippen molar-refractivity contribution in [1.82, 2.24) is 0 Å². The first-order valence-corrected chi connectivity index (χ1v) is 7.73. The van der Waals surface area contributed by atoms with Crippen molar-refractivity contribution in [2.45, 2.75) is 52.1 Å². The summed E-state index contributed by atoms with van der Waals surface area (Å²) in [5.74, 6) is 0. The van der Waals surface area contributed by atoms with Crippen molar-refractivity contribution in [3.63, 3.8) is 0 Å². The van der Waals surface area contributed by atoms with Crippen LogP contribution in [0.2, 0.25) is 0 Å². The first-order chi connectivity index (χ1) is 6.64. The summed E-state index contributed by atoms with van der Waals surface area (Å²) >= 11 is 0. The largest absolute Gasteiger partial charge is 0.323 e. The quantitative estimate of drug-likeness (QED) is 0.605. The Morgan fingerprint density at radius 2 is 1.79 bits per heavy atom. The van der Waals surface area contributed by atoms with Crippen LogP contribution < -0.4 is 0 Å². The van der Waals surface area contributed by atoms with Crippen LogP contribution in [0.25, 0.3) is 0 Å². The normalized spacial score (nSPS) is 13.6. The maximum atomic E-state index is 12.4. The first-order valence-electron chi connectivity index (χ1n) is 5.59. The Morgan fingerprint density at radius 1 is 1.21 bits per heavy atom. The summed E-state index contributed by atoms with van der Waals surface area (Å²) in [6.45, 7) is 6.15. The summed E-state index contributed by atoms with van der Waals surface area (Å²) in [4.78, 5) is 0. The van der Waals surface area contributed by atoms with Crippen molar-refractivity contribution >= 4 is 7.14 Å². The lowest BCUT2D eigenvalue weighted by molar-refractivity contribution is 0.549. The molecule has 0 aromatic rings. The Kier molecular flexibility index (Phi) is 6.93. The monoisotopic (exact) mass is 215 g/mol. The van der Waals surface area contributed by atoms with Crippen molar-refractivity contribution in [2.75, 3.05) is 12.3 Å². The second-order valence-corrected chi connectivity index (χ2v) is 7.62. The predicted molar refractivity (Wildman–Crippen MR) is 62.2 cm³/mol. The number of nitrogens with zero attached hydrogens (tertiary/aromatic N) is 1. The van der Waals surface area contributed by atoms with Crippen molar-refractivity contribution in [1.29, 1.82) is 5.26 Å². The van der Waals surface area contributed by atoms with Crippen molar-refractivity contribution < 1.29 is 4.57 Å². The van der Waals surface area contributed by atoms with Crippen LogP contribution in [-0.4, -0.2) is 18.0 Å². The van der Waals surface area contributed by atoms with E-state index in [2.05, 4.69) is 13.0 Å². The third-order valence-electron chi connectivity index (χ3n) is 2.95. The average molecular weight is 215 g/mol. The molecule has 0 radical (unpaired) electrons. The van der Waals surface area contributed by atoms with Gasteiger partial charge in [-0.25, -0.2) is 0 Å². The second-order valence-electron chi connectivity index (χ2n) is 3.72. The highest BCUT2D eigenvalue weighted by atomic mass is 31.2. The first kappa shape index (κ1) is 13.7. The van der Waals surface area contributed by atoms with E-state index in [-0.39, 0.29) is 0 Å². The molecule has 0 saturated carbocycles. The SMILES string of the molecule is CCCC(CCC#N)P(=O)(CC)CC. The highest BCUT2D eigenvalue weighted by Crippen LogP contribution is 2.53. The Hall–Kier alpha value is -0.280. The van der Waals surface area contributed by atoms with Crippen LogP contribution >= 0.6 is 7.14 Å². The van der Waals surface area contributed by atoms with Crippen LogP contribution in [0.3, 0.4) is 0 Å². The van der Waals surface area contributed by atoms with E-state index in [4.69, 9.17) is 5.26 Å². The van der Waals surface area contributed by atoms with Gasteiger partial charge in [-0.2, -0.15) is 5.26 Å². The molecule has 0 bridgehead atoms. The maximum Gasteiger partial charge on any atom is 0.0901 e. The molecule has 0 aliphatic heterocycles. The molecule has 1 atom stereocenters. The van der Waals surface area contributed by atoms with Gasteiger partial charge in [-0.05, 0) is 25.2 Å². The molecular formula is C11H22NOP. The molecule has 3 heteroatoms. The Bertz CT molecular complexity index is 224. The third-order valence-corrected chi connectivity index (χ3v) is 6.94. The molecule has 0 N–H and O–H groups in total. The van der Waals surface area contributed by atoms with Crippen molar-refractivity contribution in [3.8, 4) is 6.07 Å². The summed E-state index contributed by atoms with van der Waals surface area (Å²) in [6.07, 6.45) is 5.04. The molecule has 0 saturated heterocycles. The lowest BCUT2D eigenvalue weighted by Gasteiger charge is -2.25. The van der Waals surface area contributed by atoms with E-state index in [1.165, 1.54) is 0 Å². The maximum absolute atomic E-state index is 12.4. The lowest BCUT2D eigenvalue weighted by atomic mass is 10.1. The fourth-order valence-electron chi connectivity index (χ4n) is 1.92. The molecule has 0 aliphatic carbocycles. The Balaban J connectivity index is 4.45. The molecule has 0 aliphatic rings. The molecule has 1 unspecified atom stereocenters. The third kappa shape index (κ3) is 3.84. The van der Waals surface area contributed by atoms with Gasteiger partial charge in [0.1, 0.15) is 0 Å². The van der Waals surface area contributed by atoms with Crippen LogP contribution in [0.5, 0.6) is 0 Å². The van der Waals surface area contributed by atoms with E-state index in [1.807, 2.05) is 13.8 Å². The molecule has 0 amide bonds. The van der Waals surface area contributed by atoms with E-state index >= 15 is 0 Å². The van der Waals surface area contributed by atoms with E-state index in [0.29, 0.717) is 12.1 Å².